The van der Waals surface area contributed by atoms with Gasteiger partial charge < -0.3 is 4.57 Å². The molecule has 1 heterocycles. The molecule has 4 aliphatic carbocycles. The van der Waals surface area contributed by atoms with Gasteiger partial charge in [0, 0.05) is 17.5 Å². The van der Waals surface area contributed by atoms with E-state index in [9.17, 15) is 4.79 Å². The highest BCUT2D eigenvalue weighted by Gasteiger charge is 2.57. The van der Waals surface area contributed by atoms with Crippen molar-refractivity contribution >= 4 is 22.5 Å². The van der Waals surface area contributed by atoms with Crippen molar-refractivity contribution in [1.82, 2.24) is 9.55 Å². The SMILES string of the molecule is CC.CC12CCC(=O)C=C1CCC1C2CCC2(C)C(n3cnc4ccccc43)=CCC12. The molecule has 0 radical (unpaired) electrons. The van der Waals surface area contributed by atoms with Gasteiger partial charge in [-0.25, -0.2) is 4.98 Å². The Balaban J connectivity index is 0.000000994. The second-order valence-corrected chi connectivity index (χ2v) is 10.4. The lowest BCUT2D eigenvalue weighted by Crippen LogP contribution is -2.50. The highest BCUT2D eigenvalue weighted by Crippen LogP contribution is 2.66. The number of carbonyl (C=O) groups is 1. The number of allylic oxidation sites excluding steroid dienone is 4. The summed E-state index contributed by atoms with van der Waals surface area (Å²) in [5, 5.41) is 0. The molecule has 2 aromatic rings. The molecule has 0 aliphatic heterocycles. The first-order chi connectivity index (χ1) is 15.0. The van der Waals surface area contributed by atoms with Gasteiger partial charge in [0.2, 0.25) is 0 Å². The number of benzene rings is 1. The van der Waals surface area contributed by atoms with E-state index in [1.54, 1.807) is 0 Å². The number of carbonyl (C=O) groups excluding carboxylic acids is 1. The molecule has 0 N–H and O–H groups in total. The Morgan fingerprint density at radius 2 is 1.81 bits per heavy atom. The molecule has 31 heavy (non-hydrogen) atoms. The maximum Gasteiger partial charge on any atom is 0.155 e. The summed E-state index contributed by atoms with van der Waals surface area (Å²) >= 11 is 0. The van der Waals surface area contributed by atoms with Crippen LogP contribution in [0.15, 0.2) is 48.3 Å². The summed E-state index contributed by atoms with van der Waals surface area (Å²) in [5.74, 6) is 2.58. The molecule has 0 amide bonds. The summed E-state index contributed by atoms with van der Waals surface area (Å²) in [7, 11) is 0. The first-order valence-corrected chi connectivity index (χ1v) is 12.4. The lowest BCUT2D eigenvalue weighted by molar-refractivity contribution is -0.117. The van der Waals surface area contributed by atoms with Crippen LogP contribution in [0.4, 0.5) is 0 Å². The number of nitrogens with zero attached hydrogens (tertiary/aromatic N) is 2. The van der Waals surface area contributed by atoms with E-state index in [-0.39, 0.29) is 10.8 Å². The normalized spacial score (nSPS) is 36.5. The van der Waals surface area contributed by atoms with Crippen LogP contribution < -0.4 is 0 Å². The molecule has 1 aromatic heterocycles. The number of ketones is 1. The Morgan fingerprint density at radius 1 is 1.00 bits per heavy atom. The Labute approximate surface area is 186 Å². The van der Waals surface area contributed by atoms with Crippen molar-refractivity contribution in [3.63, 3.8) is 0 Å². The van der Waals surface area contributed by atoms with Crippen LogP contribution in [0.25, 0.3) is 16.7 Å². The third-order valence-electron chi connectivity index (χ3n) is 9.21. The number of hydrogen-bond acceptors (Lipinski definition) is 2. The maximum absolute atomic E-state index is 12.0. The van der Waals surface area contributed by atoms with Crippen LogP contribution in [0.5, 0.6) is 0 Å². The van der Waals surface area contributed by atoms with Crippen molar-refractivity contribution in [2.45, 2.75) is 72.6 Å². The molecule has 2 saturated carbocycles. The highest BCUT2D eigenvalue weighted by atomic mass is 16.1. The van der Waals surface area contributed by atoms with Gasteiger partial charge in [0.25, 0.3) is 0 Å². The predicted molar refractivity (Wildman–Crippen MR) is 127 cm³/mol. The molecule has 3 nitrogen and oxygen atoms in total. The first kappa shape index (κ1) is 20.7. The fourth-order valence-corrected chi connectivity index (χ4v) is 7.63. The van der Waals surface area contributed by atoms with E-state index in [0.717, 1.165) is 36.6 Å². The quantitative estimate of drug-likeness (QED) is 0.499. The van der Waals surface area contributed by atoms with Crippen molar-refractivity contribution in [2.75, 3.05) is 0 Å². The molecule has 2 fully saturated rings. The van der Waals surface area contributed by atoms with Crippen LogP contribution in [0.1, 0.15) is 72.6 Å². The maximum atomic E-state index is 12.0. The van der Waals surface area contributed by atoms with E-state index < -0.39 is 0 Å². The van der Waals surface area contributed by atoms with Crippen LogP contribution >= 0.6 is 0 Å². The number of imidazole rings is 1. The molecule has 0 spiro atoms. The third kappa shape index (κ3) is 2.92. The van der Waals surface area contributed by atoms with Crippen LogP contribution in [-0.4, -0.2) is 15.3 Å². The van der Waals surface area contributed by atoms with Crippen LogP contribution in [0.3, 0.4) is 0 Å². The summed E-state index contributed by atoms with van der Waals surface area (Å²) in [6.07, 6.45) is 14.5. The van der Waals surface area contributed by atoms with E-state index in [0.29, 0.717) is 11.7 Å². The van der Waals surface area contributed by atoms with E-state index >= 15 is 0 Å². The summed E-state index contributed by atoms with van der Waals surface area (Å²) in [6, 6.07) is 8.50. The van der Waals surface area contributed by atoms with Crippen molar-refractivity contribution in [1.29, 1.82) is 0 Å². The van der Waals surface area contributed by atoms with Gasteiger partial charge >= 0.3 is 0 Å². The van der Waals surface area contributed by atoms with Gasteiger partial charge in [-0.2, -0.15) is 0 Å². The molecule has 4 aliphatic rings. The van der Waals surface area contributed by atoms with Gasteiger partial charge in [0.15, 0.2) is 5.78 Å². The van der Waals surface area contributed by atoms with Crippen LogP contribution in [0, 0.1) is 28.6 Å². The lowest BCUT2D eigenvalue weighted by atomic mass is 9.47. The minimum Gasteiger partial charge on any atom is -0.302 e. The fourth-order valence-electron chi connectivity index (χ4n) is 7.63. The van der Waals surface area contributed by atoms with Gasteiger partial charge in [0.05, 0.1) is 11.0 Å². The Kier molecular flexibility index (Phi) is 4.99. The molecule has 0 saturated heterocycles. The van der Waals surface area contributed by atoms with E-state index in [1.807, 2.05) is 26.3 Å². The summed E-state index contributed by atoms with van der Waals surface area (Å²) < 4.78 is 2.37. The van der Waals surface area contributed by atoms with E-state index in [4.69, 9.17) is 0 Å². The molecule has 164 valence electrons. The number of aromatic nitrogens is 2. The first-order valence-electron chi connectivity index (χ1n) is 12.4. The predicted octanol–water partition coefficient (Wildman–Crippen LogP) is 7.05. The largest absolute Gasteiger partial charge is 0.302 e. The zero-order valence-electron chi connectivity index (χ0n) is 19.5. The average Bonchev–Trinajstić information content (AvgIpc) is 3.36. The molecular formula is C28H36N2O. The second kappa shape index (κ2) is 7.46. The van der Waals surface area contributed by atoms with Crippen molar-refractivity contribution in [3.05, 3.63) is 48.3 Å². The summed E-state index contributed by atoms with van der Waals surface area (Å²) in [5.41, 5.74) is 5.73. The van der Waals surface area contributed by atoms with E-state index in [1.165, 1.54) is 42.5 Å². The monoisotopic (exact) mass is 416 g/mol. The molecule has 0 bridgehead atoms. The zero-order chi connectivity index (χ0) is 21.8. The Bertz CT molecular complexity index is 1080. The molecular weight excluding hydrogens is 380 g/mol. The highest BCUT2D eigenvalue weighted by molar-refractivity contribution is 5.91. The molecule has 1 aromatic carbocycles. The smallest absolute Gasteiger partial charge is 0.155 e. The topological polar surface area (TPSA) is 34.9 Å². The number of fused-ring (bicyclic) bond motifs is 6. The van der Waals surface area contributed by atoms with Crippen molar-refractivity contribution in [3.8, 4) is 0 Å². The van der Waals surface area contributed by atoms with Gasteiger partial charge in [-0.05, 0) is 79.9 Å². The van der Waals surface area contributed by atoms with Gasteiger partial charge in [0.1, 0.15) is 6.33 Å². The Hall–Kier alpha value is -2.16. The summed E-state index contributed by atoms with van der Waals surface area (Å²) in [6.45, 7) is 8.98. The third-order valence-corrected chi connectivity index (χ3v) is 9.21. The standard InChI is InChI=1S/C26H30N2O.C2H6/c1-25-13-11-18(29)15-17(25)7-8-19-20-9-10-24(26(20,2)14-12-21(19)25)28-16-27-22-5-3-4-6-23(22)28;1-2/h3-6,10,15-16,19-21H,7-9,11-14H2,1-2H3;1-2H3. The zero-order valence-corrected chi connectivity index (χ0v) is 19.5. The summed E-state index contributed by atoms with van der Waals surface area (Å²) in [4.78, 5) is 16.7. The number of para-hydroxylation sites is 2. The van der Waals surface area contributed by atoms with Crippen LogP contribution in [0.2, 0.25) is 0 Å². The van der Waals surface area contributed by atoms with E-state index in [2.05, 4.69) is 53.7 Å². The molecule has 5 atom stereocenters. The molecule has 5 unspecified atom stereocenters. The number of hydrogen-bond donors (Lipinski definition) is 0. The molecule has 6 rings (SSSR count). The molecule has 3 heteroatoms. The number of rotatable bonds is 1. The Morgan fingerprint density at radius 3 is 2.65 bits per heavy atom. The van der Waals surface area contributed by atoms with Crippen molar-refractivity contribution < 1.29 is 4.79 Å². The second-order valence-electron chi connectivity index (χ2n) is 10.4. The fraction of sp³-hybridized carbons (Fsp3) is 0.571. The van der Waals surface area contributed by atoms with Crippen LogP contribution in [-0.2, 0) is 4.79 Å². The van der Waals surface area contributed by atoms with Gasteiger partial charge in [-0.15, -0.1) is 0 Å². The minimum atomic E-state index is 0.229. The van der Waals surface area contributed by atoms with Gasteiger partial charge in [-0.1, -0.05) is 51.5 Å². The lowest BCUT2D eigenvalue weighted by Gasteiger charge is -2.57. The minimum absolute atomic E-state index is 0.229. The van der Waals surface area contributed by atoms with Crippen molar-refractivity contribution in [2.24, 2.45) is 28.6 Å². The average molecular weight is 417 g/mol. The van der Waals surface area contributed by atoms with Gasteiger partial charge in [-0.3, -0.25) is 4.79 Å².